The van der Waals surface area contributed by atoms with Gasteiger partial charge in [-0.2, -0.15) is 0 Å². The molecule has 21 heteroatoms. The predicted molar refractivity (Wildman–Crippen MR) is 308 cm³/mol. The molecular formula is C60H100N2O17Si2. The Bertz CT molecular complexity index is 2290. The van der Waals surface area contributed by atoms with Crippen molar-refractivity contribution in [1.82, 2.24) is 9.96 Å². The molecule has 4 heterocycles. The summed E-state index contributed by atoms with van der Waals surface area (Å²) >= 11 is 0. The molecule has 9 unspecified atom stereocenters. The van der Waals surface area contributed by atoms with Gasteiger partial charge in [0.25, 0.3) is 23.5 Å². The number of ether oxygens (including phenoxy) is 6. The van der Waals surface area contributed by atoms with Crippen molar-refractivity contribution in [3.8, 4) is 0 Å². The maximum atomic E-state index is 15.3. The maximum Gasteiger partial charge on any atom is 0.533 e. The Balaban J connectivity index is 1.64. The Morgan fingerprint density at radius 1 is 0.840 bits per heavy atom. The largest absolute Gasteiger partial charge is 0.533 e. The van der Waals surface area contributed by atoms with E-state index in [0.29, 0.717) is 43.6 Å². The topological polar surface area (TPSA) is 240 Å². The monoisotopic (exact) mass is 1180 g/mol. The number of rotatable bonds is 14. The Hall–Kier alpha value is -3.68. The number of fused-ring (bicyclic) bond motifs is 3. The first-order valence-corrected chi connectivity index (χ1v) is 35.5. The fourth-order valence-electron chi connectivity index (χ4n) is 12.3. The first-order valence-electron chi connectivity index (χ1n) is 29.6. The number of amides is 3. The maximum absolute atomic E-state index is 15.3. The molecule has 0 aromatic rings. The van der Waals surface area contributed by atoms with Crippen LogP contribution in [0.3, 0.4) is 0 Å². The summed E-state index contributed by atoms with van der Waals surface area (Å²) in [7, 11) is -0.424. The second-order valence-electron chi connectivity index (χ2n) is 27.0. The van der Waals surface area contributed by atoms with E-state index < -0.39 is 117 Å². The van der Waals surface area contributed by atoms with Crippen LogP contribution in [0.4, 0.5) is 4.79 Å². The summed E-state index contributed by atoms with van der Waals surface area (Å²) < 4.78 is 43.6. The summed E-state index contributed by atoms with van der Waals surface area (Å²) in [5, 5.41) is 12.1. The lowest BCUT2D eigenvalue weighted by Gasteiger charge is -2.47. The van der Waals surface area contributed by atoms with Gasteiger partial charge in [-0.25, -0.2) is 9.59 Å². The third kappa shape index (κ3) is 16.8. The van der Waals surface area contributed by atoms with Crippen LogP contribution in [0.15, 0.2) is 23.3 Å². The third-order valence-electron chi connectivity index (χ3n) is 19.1. The van der Waals surface area contributed by atoms with Crippen LogP contribution in [0.2, 0.25) is 36.3 Å². The molecule has 4 aliphatic heterocycles. The average Bonchev–Trinajstić information content (AvgIpc) is 3.70. The molecule has 5 rings (SSSR count). The molecule has 14 atom stereocenters. The van der Waals surface area contributed by atoms with Crippen LogP contribution in [-0.4, -0.2) is 161 Å². The zero-order valence-electron chi connectivity index (χ0n) is 51.9. The summed E-state index contributed by atoms with van der Waals surface area (Å²) in [4.78, 5) is 115. The van der Waals surface area contributed by atoms with E-state index in [4.69, 9.17) is 37.7 Å². The van der Waals surface area contributed by atoms with E-state index in [-0.39, 0.29) is 86.5 Å². The number of ketones is 2. The molecule has 2 bridgehead atoms. The van der Waals surface area contributed by atoms with Gasteiger partial charge in [0.05, 0.1) is 31.0 Å². The van der Waals surface area contributed by atoms with Gasteiger partial charge in [0.2, 0.25) is 5.79 Å². The van der Waals surface area contributed by atoms with Crippen molar-refractivity contribution >= 4 is 58.0 Å². The van der Waals surface area contributed by atoms with Crippen molar-refractivity contribution in [3.63, 3.8) is 0 Å². The number of carbonyl (C=O) groups is 7. The highest BCUT2D eigenvalue weighted by molar-refractivity contribution is 6.74. The number of carbonyl (C=O) groups excluding carboxylic acids is 7. The molecule has 5 aliphatic rings. The van der Waals surface area contributed by atoms with E-state index in [0.717, 1.165) is 24.0 Å². The number of nitrogens with zero attached hydrogens (tertiary/aromatic N) is 2. The Labute approximate surface area is 484 Å². The average molecular weight is 1180 g/mol. The molecule has 2 N–H and O–H groups in total. The van der Waals surface area contributed by atoms with Gasteiger partial charge in [-0.05, 0) is 144 Å². The number of hydrogen-bond acceptors (Lipinski definition) is 17. The number of methoxy groups -OCH3 is 3. The van der Waals surface area contributed by atoms with E-state index in [1.807, 2.05) is 60.7 Å². The van der Waals surface area contributed by atoms with Gasteiger partial charge in [0, 0.05) is 64.9 Å². The highest BCUT2D eigenvalue weighted by atomic mass is 28.4. The number of Topliss-reactive ketones (excluding diaryl/α,β-unsaturated/α-hetero) is 2. The molecule has 460 valence electrons. The number of cyclic esters (lactones) is 1. The molecule has 81 heavy (non-hydrogen) atoms. The van der Waals surface area contributed by atoms with Crippen LogP contribution < -0.4 is 0 Å². The van der Waals surface area contributed by atoms with Gasteiger partial charge in [-0.3, -0.25) is 28.8 Å². The van der Waals surface area contributed by atoms with Gasteiger partial charge in [-0.15, -0.1) is 0 Å². The van der Waals surface area contributed by atoms with Gasteiger partial charge in [-0.1, -0.05) is 78.2 Å². The summed E-state index contributed by atoms with van der Waals surface area (Å²) in [5.41, 5.74) is 1.55. The Kier molecular flexibility index (Phi) is 23.6. The number of imide groups is 1. The van der Waals surface area contributed by atoms with Crippen LogP contribution in [0.25, 0.3) is 0 Å². The lowest BCUT2D eigenvalue weighted by molar-refractivity contribution is -0.302. The van der Waals surface area contributed by atoms with Crippen molar-refractivity contribution in [1.29, 1.82) is 0 Å². The highest BCUT2D eigenvalue weighted by Crippen LogP contribution is 2.47. The van der Waals surface area contributed by atoms with Crippen molar-refractivity contribution in [3.05, 3.63) is 23.3 Å². The fraction of sp³-hybridized carbons (Fsp3) is 0.817. The molecule has 19 nitrogen and oxygen atoms in total. The third-order valence-corrected chi connectivity index (χ3v) is 27.1. The summed E-state index contributed by atoms with van der Waals surface area (Å²) in [6.07, 6.45) is 3.57. The molecule has 0 aromatic heterocycles. The minimum Gasteiger partial charge on any atom is -0.456 e. The number of esters is 1. The normalized spacial score (nSPS) is 34.2. The summed E-state index contributed by atoms with van der Waals surface area (Å²) in [6, 6.07) is -1.20. The number of allylic oxidation sites excluding steroid dienone is 3. The van der Waals surface area contributed by atoms with E-state index >= 15 is 9.59 Å². The van der Waals surface area contributed by atoms with Crippen molar-refractivity contribution < 1.29 is 81.1 Å². The van der Waals surface area contributed by atoms with E-state index in [2.05, 4.69) is 39.9 Å². The first-order chi connectivity index (χ1) is 37.6. The van der Waals surface area contributed by atoms with Gasteiger partial charge >= 0.3 is 12.1 Å². The summed E-state index contributed by atoms with van der Waals surface area (Å²) in [5.74, 6) is -10.1. The zero-order valence-corrected chi connectivity index (χ0v) is 53.9. The van der Waals surface area contributed by atoms with E-state index in [1.165, 1.54) is 19.1 Å². The van der Waals surface area contributed by atoms with Crippen LogP contribution in [-0.2, 0) is 66.5 Å². The molecule has 0 aromatic carbocycles. The number of hydrogen-bond donors (Lipinski definition) is 2. The second-order valence-corrected chi connectivity index (χ2v) is 36.2. The predicted octanol–water partition coefficient (Wildman–Crippen LogP) is 9.32. The smallest absolute Gasteiger partial charge is 0.456 e. The molecule has 0 radical (unpaired) electrons. The highest BCUT2D eigenvalue weighted by Gasteiger charge is 2.57. The fourth-order valence-corrected chi connectivity index (χ4v) is 14.4. The van der Waals surface area contributed by atoms with Crippen molar-refractivity contribution in [2.75, 3.05) is 34.5 Å². The first kappa shape index (κ1) is 68.1. The van der Waals surface area contributed by atoms with E-state index in [1.54, 1.807) is 14.0 Å². The van der Waals surface area contributed by atoms with Gasteiger partial charge in [0.1, 0.15) is 24.0 Å². The summed E-state index contributed by atoms with van der Waals surface area (Å²) in [6.45, 7) is 27.9. The van der Waals surface area contributed by atoms with E-state index in [9.17, 15) is 33.9 Å². The number of piperidine rings is 1. The standard InChI is InChI=1S/C60H100N2O17Si2/c1-36-28-37(2)30-48(73-12)53-49(74-13)32-39(4)60(70,77-53)54(66)55(67)61-26-19-18-20-44(61)56(68)76-52(38(3)31-41-21-22-46(47(33-41)72-11)79-81(16,17)58(6,7)8)40(5)43(35-59(9,10)80(14,15)71)34-45(63)42(29-36)25-27-75-57(69)78-62-50(64)23-24-51(62)65/h29,31,37,39-44,46-49,52-53,70-71H,18-28,30,32-35H2,1-17H3/b36-29+,38-31+/t37-,39?,40+,41?,42+,43?,44?,46+,47?,48-,49?,52?,53?,60?/m0/s1. The minimum atomic E-state index is -2.97. The zero-order chi connectivity index (χ0) is 60.7. The quantitative estimate of drug-likeness (QED) is 0.0541. The van der Waals surface area contributed by atoms with Crippen LogP contribution in [0, 0.1) is 35.5 Å². The second kappa shape index (κ2) is 28.0. The van der Waals surface area contributed by atoms with Crippen LogP contribution >= 0.6 is 0 Å². The van der Waals surface area contributed by atoms with Crippen LogP contribution in [0.5, 0.6) is 0 Å². The molecule has 3 amide bonds. The molecular weight excluding hydrogens is 1080 g/mol. The Morgan fingerprint density at radius 3 is 2.05 bits per heavy atom. The molecule has 4 fully saturated rings. The number of hydroxylamine groups is 2. The molecule has 3 saturated heterocycles. The Morgan fingerprint density at radius 2 is 1.46 bits per heavy atom. The van der Waals surface area contributed by atoms with Gasteiger partial charge < -0.3 is 47.6 Å². The van der Waals surface area contributed by atoms with Crippen molar-refractivity contribution in [2.45, 2.75) is 244 Å². The SMILES string of the molecule is COC1CC(C)C2(O)OC1[C@@H](OC)C[C@@H](C)C/C(C)=C/[C@@H](CCOC(=O)ON1C(=O)CCC1=O)C(=O)CC(CC(C)(C)[Si](C)(C)O)[C@@H](C)C(/C(C)=C/C1CC[C@@H](O[Si](C)(C)C(C)(C)C)C(OC)C1)OC(=O)C1CCCCN1C(=O)C2=O. The number of aliphatic hydroxyl groups is 1. The molecule has 1 saturated carbocycles. The lowest BCUT2D eigenvalue weighted by Crippen LogP contribution is -2.64. The van der Waals surface area contributed by atoms with Crippen LogP contribution in [0.1, 0.15) is 159 Å². The lowest BCUT2D eigenvalue weighted by atomic mass is 9.75. The van der Waals surface area contributed by atoms with Gasteiger partial charge in [0.15, 0.2) is 16.6 Å². The molecule has 1 aliphatic carbocycles. The van der Waals surface area contributed by atoms with Crippen molar-refractivity contribution in [2.24, 2.45) is 35.5 Å². The molecule has 0 spiro atoms. The minimum absolute atomic E-state index is 0.00847.